The molecule has 10 heteroatoms. The molecule has 3 N–H and O–H groups in total. The summed E-state index contributed by atoms with van der Waals surface area (Å²) in [5.41, 5.74) is 2.65. The third-order valence-corrected chi connectivity index (χ3v) is 4.00. The number of amides is 1. The molecule has 0 bridgehead atoms. The fourth-order valence-corrected chi connectivity index (χ4v) is 2.53. The fraction of sp³-hybridized carbons (Fsp3) is 0.250. The number of tetrazole rings is 1. The van der Waals surface area contributed by atoms with Gasteiger partial charge in [0.1, 0.15) is 0 Å². The molecule has 0 fully saturated rings. The van der Waals surface area contributed by atoms with Crippen LogP contribution in [0.25, 0.3) is 16.9 Å². The minimum atomic E-state index is -0.294. The van der Waals surface area contributed by atoms with Gasteiger partial charge in [0, 0.05) is 28.9 Å². The largest absolute Gasteiger partial charge is 0.305 e. The van der Waals surface area contributed by atoms with Gasteiger partial charge < -0.3 is 5.32 Å². The Morgan fingerprint density at radius 2 is 2.08 bits per heavy atom. The van der Waals surface area contributed by atoms with Gasteiger partial charge in [0.2, 0.25) is 5.82 Å². The Morgan fingerprint density at radius 3 is 2.77 bits per heavy atom. The molecule has 10 nitrogen and oxygen atoms in total. The maximum atomic E-state index is 12.7. The normalized spacial score (nSPS) is 11.8. The molecule has 0 radical (unpaired) electrons. The summed E-state index contributed by atoms with van der Waals surface area (Å²) >= 11 is 0. The minimum absolute atomic E-state index is 0.0834. The van der Waals surface area contributed by atoms with Crippen LogP contribution in [0, 0.1) is 0 Å². The molecule has 0 atom stereocenters. The summed E-state index contributed by atoms with van der Waals surface area (Å²) in [7, 11) is 0. The predicted molar refractivity (Wildman–Crippen MR) is 93.6 cm³/mol. The molecule has 4 rings (SSSR count). The monoisotopic (exact) mass is 351 g/mol. The number of pyridine rings is 1. The van der Waals surface area contributed by atoms with Crippen molar-refractivity contribution < 1.29 is 4.79 Å². The van der Waals surface area contributed by atoms with Crippen LogP contribution in [0.5, 0.6) is 0 Å². The topological polar surface area (TPSA) is 130 Å². The van der Waals surface area contributed by atoms with Gasteiger partial charge in [-0.3, -0.25) is 9.89 Å². The lowest BCUT2D eigenvalue weighted by molar-refractivity contribution is 0.102. The van der Waals surface area contributed by atoms with Crippen LogP contribution in [0.4, 0.5) is 5.82 Å². The zero-order valence-electron chi connectivity index (χ0n) is 14.5. The first-order valence-corrected chi connectivity index (χ1v) is 8.00. The second-order valence-corrected chi connectivity index (χ2v) is 6.91. The number of hydrogen-bond acceptors (Lipinski definition) is 6. The number of H-pyrrole nitrogens is 2. The van der Waals surface area contributed by atoms with Crippen LogP contribution in [0.15, 0.2) is 30.6 Å². The molecule has 0 aliphatic carbocycles. The SMILES string of the molecule is CC(C)(C)c1cc(NC(=O)c2cnn3ccc(-c4nn[nH]n4)cc23)n[nH]1. The molecule has 132 valence electrons. The number of aromatic nitrogens is 8. The smallest absolute Gasteiger partial charge is 0.260 e. The zero-order valence-corrected chi connectivity index (χ0v) is 14.5. The predicted octanol–water partition coefficient (Wildman–Crippen LogP) is 1.79. The van der Waals surface area contributed by atoms with Crippen molar-refractivity contribution in [2.45, 2.75) is 26.2 Å². The average molecular weight is 351 g/mol. The molecule has 0 aliphatic rings. The van der Waals surface area contributed by atoms with Crippen molar-refractivity contribution >= 4 is 17.2 Å². The van der Waals surface area contributed by atoms with E-state index in [0.29, 0.717) is 22.7 Å². The summed E-state index contributed by atoms with van der Waals surface area (Å²) in [5.74, 6) is 0.619. The second kappa shape index (κ2) is 5.76. The summed E-state index contributed by atoms with van der Waals surface area (Å²) in [6, 6.07) is 5.42. The van der Waals surface area contributed by atoms with Crippen LogP contribution >= 0.6 is 0 Å². The Balaban J connectivity index is 1.64. The number of nitrogens with zero attached hydrogens (tertiary/aromatic N) is 6. The van der Waals surface area contributed by atoms with E-state index >= 15 is 0 Å². The van der Waals surface area contributed by atoms with E-state index in [1.54, 1.807) is 22.8 Å². The van der Waals surface area contributed by atoms with E-state index < -0.39 is 0 Å². The van der Waals surface area contributed by atoms with Gasteiger partial charge in [-0.15, -0.1) is 10.2 Å². The number of nitrogens with one attached hydrogen (secondary N) is 3. The highest BCUT2D eigenvalue weighted by atomic mass is 16.1. The summed E-state index contributed by atoms with van der Waals surface area (Å²) < 4.78 is 1.61. The van der Waals surface area contributed by atoms with E-state index in [1.807, 2.05) is 6.07 Å². The highest BCUT2D eigenvalue weighted by Gasteiger charge is 2.19. The van der Waals surface area contributed by atoms with Crippen LogP contribution in [0.2, 0.25) is 0 Å². The van der Waals surface area contributed by atoms with Gasteiger partial charge in [0.05, 0.1) is 17.3 Å². The molecule has 0 aliphatic heterocycles. The van der Waals surface area contributed by atoms with E-state index in [4.69, 9.17) is 0 Å². The molecule has 4 heterocycles. The quantitative estimate of drug-likeness (QED) is 0.516. The molecule has 0 unspecified atom stereocenters. The van der Waals surface area contributed by atoms with Crippen molar-refractivity contribution in [1.82, 2.24) is 40.4 Å². The van der Waals surface area contributed by atoms with Crippen molar-refractivity contribution in [3.8, 4) is 11.4 Å². The molecular formula is C16H17N9O. The van der Waals surface area contributed by atoms with Crippen molar-refractivity contribution in [1.29, 1.82) is 0 Å². The summed E-state index contributed by atoms with van der Waals surface area (Å²) in [4.78, 5) is 12.7. The second-order valence-electron chi connectivity index (χ2n) is 6.91. The summed E-state index contributed by atoms with van der Waals surface area (Å²) in [6.45, 7) is 6.20. The van der Waals surface area contributed by atoms with Crippen LogP contribution < -0.4 is 5.32 Å². The summed E-state index contributed by atoms with van der Waals surface area (Å²) in [5, 5.41) is 28.0. The number of anilines is 1. The number of fused-ring (bicyclic) bond motifs is 1. The lowest BCUT2D eigenvalue weighted by Crippen LogP contribution is -2.12. The van der Waals surface area contributed by atoms with Gasteiger partial charge in [-0.1, -0.05) is 20.8 Å². The number of hydrogen-bond donors (Lipinski definition) is 3. The lowest BCUT2D eigenvalue weighted by Gasteiger charge is -2.14. The Morgan fingerprint density at radius 1 is 1.23 bits per heavy atom. The molecular weight excluding hydrogens is 334 g/mol. The first-order chi connectivity index (χ1) is 12.4. The molecule has 4 aromatic rings. The van der Waals surface area contributed by atoms with E-state index in [-0.39, 0.29) is 11.3 Å². The summed E-state index contributed by atoms with van der Waals surface area (Å²) in [6.07, 6.45) is 3.26. The third-order valence-electron chi connectivity index (χ3n) is 4.00. The van der Waals surface area contributed by atoms with Crippen LogP contribution in [-0.4, -0.2) is 46.3 Å². The van der Waals surface area contributed by atoms with Crippen LogP contribution in [0.1, 0.15) is 36.8 Å². The van der Waals surface area contributed by atoms with Gasteiger partial charge >= 0.3 is 0 Å². The Bertz CT molecular complexity index is 1070. The first kappa shape index (κ1) is 15.9. The van der Waals surface area contributed by atoms with E-state index in [1.165, 1.54) is 6.20 Å². The van der Waals surface area contributed by atoms with E-state index in [0.717, 1.165) is 11.3 Å². The molecule has 0 aromatic carbocycles. The van der Waals surface area contributed by atoms with Gasteiger partial charge in [0.25, 0.3) is 5.91 Å². The van der Waals surface area contributed by atoms with Gasteiger partial charge in [-0.25, -0.2) is 4.52 Å². The molecule has 4 aromatic heterocycles. The highest BCUT2D eigenvalue weighted by Crippen LogP contribution is 2.23. The van der Waals surface area contributed by atoms with Gasteiger partial charge in [-0.05, 0) is 17.3 Å². The average Bonchev–Trinajstić information content (AvgIpc) is 3.33. The maximum absolute atomic E-state index is 12.7. The Hall–Kier alpha value is -3.56. The fourth-order valence-electron chi connectivity index (χ4n) is 2.53. The van der Waals surface area contributed by atoms with E-state index in [2.05, 4.69) is 62.0 Å². The number of rotatable bonds is 3. The lowest BCUT2D eigenvalue weighted by atomic mass is 9.92. The molecule has 1 amide bonds. The molecule has 26 heavy (non-hydrogen) atoms. The van der Waals surface area contributed by atoms with Crippen molar-refractivity contribution in [3.05, 3.63) is 41.9 Å². The van der Waals surface area contributed by atoms with Crippen LogP contribution in [-0.2, 0) is 5.41 Å². The van der Waals surface area contributed by atoms with Crippen molar-refractivity contribution in [2.75, 3.05) is 5.32 Å². The Kier molecular flexibility index (Phi) is 3.53. The highest BCUT2D eigenvalue weighted by molar-refractivity contribution is 6.08. The van der Waals surface area contributed by atoms with Crippen molar-refractivity contribution in [3.63, 3.8) is 0 Å². The van der Waals surface area contributed by atoms with E-state index in [9.17, 15) is 4.79 Å². The molecule has 0 saturated heterocycles. The Labute approximate surface area is 148 Å². The minimum Gasteiger partial charge on any atom is -0.305 e. The maximum Gasteiger partial charge on any atom is 0.260 e. The van der Waals surface area contributed by atoms with Crippen molar-refractivity contribution in [2.24, 2.45) is 0 Å². The molecule has 0 saturated carbocycles. The van der Waals surface area contributed by atoms with Gasteiger partial charge in [-0.2, -0.15) is 15.4 Å². The number of carbonyl (C=O) groups excluding carboxylic acids is 1. The first-order valence-electron chi connectivity index (χ1n) is 8.00. The zero-order chi connectivity index (χ0) is 18.3. The molecule has 0 spiro atoms. The van der Waals surface area contributed by atoms with Crippen LogP contribution in [0.3, 0.4) is 0 Å². The third kappa shape index (κ3) is 2.81. The number of carbonyl (C=O) groups is 1. The standard InChI is InChI=1S/C16H17N9O/c1-16(2,3)12-7-13(20-19-12)18-15(26)10-8-17-25-5-4-9(6-11(10)25)14-21-23-24-22-14/h4-8H,1-3H3,(H2,18,19,20,26)(H,21,22,23,24). The van der Waals surface area contributed by atoms with Gasteiger partial charge in [0.15, 0.2) is 5.82 Å². The number of aromatic amines is 2.